The fourth-order valence-corrected chi connectivity index (χ4v) is 5.80. The first kappa shape index (κ1) is 21.0. The highest BCUT2D eigenvalue weighted by Gasteiger charge is 2.15. The van der Waals surface area contributed by atoms with E-state index < -0.39 is 0 Å². The second kappa shape index (κ2) is 8.22. The summed E-state index contributed by atoms with van der Waals surface area (Å²) in [6.07, 6.45) is 0. The molecular weight excluding hydrogens is 460 g/mol. The van der Waals surface area contributed by atoms with Crippen molar-refractivity contribution in [2.45, 2.75) is 0 Å². The molecule has 38 heavy (non-hydrogen) atoms. The average Bonchev–Trinajstić information content (AvgIpc) is 3.00. The van der Waals surface area contributed by atoms with Gasteiger partial charge in [-0.25, -0.2) is 9.97 Å². The van der Waals surface area contributed by atoms with E-state index in [-0.39, 0.29) is 0 Å². The van der Waals surface area contributed by atoms with Crippen LogP contribution >= 0.6 is 0 Å². The molecule has 0 saturated heterocycles. The Morgan fingerprint density at radius 3 is 1.79 bits per heavy atom. The lowest BCUT2D eigenvalue weighted by Gasteiger charge is -2.13. The average molecular weight is 483 g/mol. The maximum Gasteiger partial charge on any atom is 0.0973 e. The summed E-state index contributed by atoms with van der Waals surface area (Å²) in [4.78, 5) is 10.2. The van der Waals surface area contributed by atoms with Gasteiger partial charge in [0.05, 0.1) is 22.4 Å². The lowest BCUT2D eigenvalue weighted by molar-refractivity contribution is 1.29. The van der Waals surface area contributed by atoms with E-state index >= 15 is 0 Å². The van der Waals surface area contributed by atoms with Crippen molar-refractivity contribution in [1.82, 2.24) is 9.97 Å². The smallest absolute Gasteiger partial charge is 0.0973 e. The first-order chi connectivity index (χ1) is 18.8. The Balaban J connectivity index is 1.39. The molecule has 0 saturated carbocycles. The lowest BCUT2D eigenvalue weighted by atomic mass is 9.92. The van der Waals surface area contributed by atoms with Crippen LogP contribution in [0.2, 0.25) is 0 Å². The van der Waals surface area contributed by atoms with Gasteiger partial charge in [-0.15, -0.1) is 0 Å². The summed E-state index contributed by atoms with van der Waals surface area (Å²) >= 11 is 0. The molecule has 0 radical (unpaired) electrons. The topological polar surface area (TPSA) is 25.8 Å². The Labute approximate surface area is 219 Å². The SMILES string of the molecule is c1ccc(-c2nc3ccccc3nc2-c2ccc3c(ccc4c3ccc3ccc5ccccc5c34)c2)cc1. The summed E-state index contributed by atoms with van der Waals surface area (Å²) in [6, 6.07) is 47.3. The number of fused-ring (bicyclic) bond motifs is 8. The van der Waals surface area contributed by atoms with Crippen LogP contribution in [0.25, 0.3) is 76.6 Å². The predicted molar refractivity (Wildman–Crippen MR) is 160 cm³/mol. The van der Waals surface area contributed by atoms with Gasteiger partial charge in [-0.05, 0) is 61.3 Å². The van der Waals surface area contributed by atoms with Crippen LogP contribution in [0.1, 0.15) is 0 Å². The van der Waals surface area contributed by atoms with Crippen LogP contribution in [0.4, 0.5) is 0 Å². The number of hydrogen-bond acceptors (Lipinski definition) is 2. The van der Waals surface area contributed by atoms with Crippen molar-refractivity contribution in [1.29, 1.82) is 0 Å². The van der Waals surface area contributed by atoms with Gasteiger partial charge in [0.1, 0.15) is 0 Å². The van der Waals surface area contributed by atoms with E-state index in [1.54, 1.807) is 0 Å². The Bertz CT molecular complexity index is 2180. The second-order valence-electron chi connectivity index (χ2n) is 9.82. The lowest BCUT2D eigenvalue weighted by Crippen LogP contribution is -1.95. The van der Waals surface area contributed by atoms with Crippen molar-refractivity contribution in [3.63, 3.8) is 0 Å². The molecule has 0 atom stereocenters. The largest absolute Gasteiger partial charge is 0.244 e. The highest BCUT2D eigenvalue weighted by molar-refractivity contribution is 6.24. The highest BCUT2D eigenvalue weighted by Crippen LogP contribution is 2.38. The molecule has 0 aliphatic rings. The number of aromatic nitrogens is 2. The molecule has 0 amide bonds. The molecule has 7 aromatic carbocycles. The van der Waals surface area contributed by atoms with Crippen molar-refractivity contribution in [2.24, 2.45) is 0 Å². The monoisotopic (exact) mass is 482 g/mol. The van der Waals surface area contributed by atoms with E-state index in [4.69, 9.17) is 9.97 Å². The van der Waals surface area contributed by atoms with Gasteiger partial charge in [0.2, 0.25) is 0 Å². The molecular formula is C36H22N2. The summed E-state index contributed by atoms with van der Waals surface area (Å²) in [6.45, 7) is 0. The molecule has 2 nitrogen and oxygen atoms in total. The van der Waals surface area contributed by atoms with Gasteiger partial charge in [-0.1, -0.05) is 115 Å². The fourth-order valence-electron chi connectivity index (χ4n) is 5.80. The van der Waals surface area contributed by atoms with E-state index in [1.807, 2.05) is 30.3 Å². The normalized spacial score (nSPS) is 11.7. The summed E-state index contributed by atoms with van der Waals surface area (Å²) in [5.41, 5.74) is 5.75. The minimum atomic E-state index is 0.902. The van der Waals surface area contributed by atoms with Crippen LogP contribution in [0.3, 0.4) is 0 Å². The number of rotatable bonds is 2. The highest BCUT2D eigenvalue weighted by atomic mass is 14.8. The van der Waals surface area contributed by atoms with Crippen LogP contribution in [0.15, 0.2) is 133 Å². The summed E-state index contributed by atoms with van der Waals surface area (Å²) in [5.74, 6) is 0. The molecule has 0 fully saturated rings. The number of nitrogens with zero attached hydrogens (tertiary/aromatic N) is 2. The number of para-hydroxylation sites is 2. The van der Waals surface area contributed by atoms with Crippen molar-refractivity contribution < 1.29 is 0 Å². The van der Waals surface area contributed by atoms with Crippen LogP contribution < -0.4 is 0 Å². The van der Waals surface area contributed by atoms with E-state index in [0.717, 1.165) is 33.5 Å². The molecule has 2 heteroatoms. The maximum absolute atomic E-state index is 5.10. The maximum atomic E-state index is 5.10. The number of hydrogen-bond donors (Lipinski definition) is 0. The first-order valence-electron chi connectivity index (χ1n) is 12.9. The molecule has 8 aromatic rings. The number of benzene rings is 7. The summed E-state index contributed by atoms with van der Waals surface area (Å²) < 4.78 is 0. The van der Waals surface area contributed by atoms with Crippen LogP contribution in [-0.4, -0.2) is 9.97 Å². The molecule has 0 bridgehead atoms. The Morgan fingerprint density at radius 2 is 0.947 bits per heavy atom. The van der Waals surface area contributed by atoms with Gasteiger partial charge < -0.3 is 0 Å². The quantitative estimate of drug-likeness (QED) is 0.229. The third-order valence-corrected chi connectivity index (χ3v) is 7.61. The van der Waals surface area contributed by atoms with Gasteiger partial charge in [-0.2, -0.15) is 0 Å². The van der Waals surface area contributed by atoms with Gasteiger partial charge in [0.15, 0.2) is 0 Å². The van der Waals surface area contributed by atoms with E-state index in [9.17, 15) is 0 Å². The van der Waals surface area contributed by atoms with Crippen molar-refractivity contribution >= 4 is 54.1 Å². The van der Waals surface area contributed by atoms with Gasteiger partial charge in [-0.3, -0.25) is 0 Å². The molecule has 176 valence electrons. The zero-order valence-electron chi connectivity index (χ0n) is 20.6. The minimum absolute atomic E-state index is 0.902. The van der Waals surface area contributed by atoms with Gasteiger partial charge in [0, 0.05) is 11.1 Å². The van der Waals surface area contributed by atoms with E-state index in [0.29, 0.717) is 0 Å². The second-order valence-corrected chi connectivity index (χ2v) is 9.82. The molecule has 0 N–H and O–H groups in total. The predicted octanol–water partition coefficient (Wildman–Crippen LogP) is 9.58. The first-order valence-corrected chi connectivity index (χ1v) is 12.9. The van der Waals surface area contributed by atoms with Crippen LogP contribution in [-0.2, 0) is 0 Å². The Morgan fingerprint density at radius 1 is 0.342 bits per heavy atom. The molecule has 1 aromatic heterocycles. The standard InChI is InChI=1S/C36H22N2/c1-2-9-25(10-3-1)35-36(38-33-13-7-6-12-32(33)37-35)27-18-19-28-26(22-27)17-21-31-30(28)20-16-24-15-14-23-8-4-5-11-29(23)34(24)31/h1-22H. The summed E-state index contributed by atoms with van der Waals surface area (Å²) in [5, 5.41) is 10.2. The van der Waals surface area contributed by atoms with Gasteiger partial charge >= 0.3 is 0 Å². The van der Waals surface area contributed by atoms with Crippen LogP contribution in [0, 0.1) is 0 Å². The molecule has 8 rings (SSSR count). The molecule has 0 unspecified atom stereocenters. The Kier molecular flexibility index (Phi) is 4.55. The third kappa shape index (κ3) is 3.21. The van der Waals surface area contributed by atoms with E-state index in [2.05, 4.69) is 103 Å². The summed E-state index contributed by atoms with van der Waals surface area (Å²) in [7, 11) is 0. The molecule has 0 aliphatic carbocycles. The van der Waals surface area contributed by atoms with Crippen molar-refractivity contribution in [3.8, 4) is 22.5 Å². The zero-order valence-corrected chi connectivity index (χ0v) is 20.6. The zero-order chi connectivity index (χ0) is 25.1. The van der Waals surface area contributed by atoms with E-state index in [1.165, 1.54) is 43.1 Å². The molecule has 0 spiro atoms. The minimum Gasteiger partial charge on any atom is -0.244 e. The molecule has 1 heterocycles. The fraction of sp³-hybridized carbons (Fsp3) is 0. The van der Waals surface area contributed by atoms with Crippen molar-refractivity contribution in [3.05, 3.63) is 133 Å². The van der Waals surface area contributed by atoms with Gasteiger partial charge in [0.25, 0.3) is 0 Å². The van der Waals surface area contributed by atoms with Crippen LogP contribution in [0.5, 0.6) is 0 Å². The third-order valence-electron chi connectivity index (χ3n) is 7.61. The Hall–Kier alpha value is -5.08. The van der Waals surface area contributed by atoms with Crippen molar-refractivity contribution in [2.75, 3.05) is 0 Å². The molecule has 0 aliphatic heterocycles.